The monoisotopic (exact) mass is 562 g/mol. The SMILES string of the molecule is CCOC(=O)CCC(=O)Nc1cc(N2CC(CNC(=O)c3ccc(Cl)s3)OC2=O)ccc1N1CCCCC1. The predicted molar refractivity (Wildman–Crippen MR) is 146 cm³/mol. The normalized spacial score (nSPS) is 17.2. The molecule has 204 valence electrons. The van der Waals surface area contributed by atoms with Gasteiger partial charge in [0, 0.05) is 25.2 Å². The van der Waals surface area contributed by atoms with Crippen molar-refractivity contribution in [3.63, 3.8) is 0 Å². The third-order valence-corrected chi connectivity index (χ3v) is 7.52. The van der Waals surface area contributed by atoms with Gasteiger partial charge in [0.15, 0.2) is 0 Å². The van der Waals surface area contributed by atoms with E-state index in [1.54, 1.807) is 25.1 Å². The van der Waals surface area contributed by atoms with Crippen LogP contribution >= 0.6 is 22.9 Å². The molecule has 2 aliphatic heterocycles. The summed E-state index contributed by atoms with van der Waals surface area (Å²) in [5.74, 6) is -1.02. The van der Waals surface area contributed by atoms with E-state index in [9.17, 15) is 19.2 Å². The molecule has 2 saturated heterocycles. The Morgan fingerprint density at radius 3 is 2.63 bits per heavy atom. The summed E-state index contributed by atoms with van der Waals surface area (Å²) in [6, 6.07) is 8.77. The molecule has 2 fully saturated rings. The third-order valence-electron chi connectivity index (χ3n) is 6.29. The Morgan fingerprint density at radius 1 is 1.13 bits per heavy atom. The quantitative estimate of drug-likeness (QED) is 0.411. The van der Waals surface area contributed by atoms with E-state index in [1.807, 2.05) is 12.1 Å². The molecular weight excluding hydrogens is 532 g/mol. The third kappa shape index (κ3) is 7.16. The zero-order valence-electron chi connectivity index (χ0n) is 21.2. The highest BCUT2D eigenvalue weighted by molar-refractivity contribution is 7.18. The minimum absolute atomic E-state index is 0.00845. The second-order valence-corrected chi connectivity index (χ2v) is 10.7. The van der Waals surface area contributed by atoms with Crippen molar-refractivity contribution in [2.45, 2.75) is 45.1 Å². The van der Waals surface area contributed by atoms with Gasteiger partial charge < -0.3 is 25.0 Å². The topological polar surface area (TPSA) is 117 Å². The number of carbonyl (C=O) groups excluding carboxylic acids is 4. The lowest BCUT2D eigenvalue weighted by Crippen LogP contribution is -2.34. The number of rotatable bonds is 10. The molecule has 3 amide bonds. The van der Waals surface area contributed by atoms with Crippen LogP contribution in [0.25, 0.3) is 0 Å². The number of benzene rings is 1. The first-order valence-electron chi connectivity index (χ1n) is 12.7. The maximum atomic E-state index is 12.7. The Bertz CT molecular complexity index is 1180. The first kappa shape index (κ1) is 27.7. The van der Waals surface area contributed by atoms with Crippen molar-refractivity contribution in [1.82, 2.24) is 5.32 Å². The minimum atomic E-state index is -0.536. The summed E-state index contributed by atoms with van der Waals surface area (Å²) in [7, 11) is 0. The molecule has 1 atom stereocenters. The molecule has 0 saturated carbocycles. The number of hydrogen-bond acceptors (Lipinski definition) is 8. The van der Waals surface area contributed by atoms with Gasteiger partial charge in [-0.25, -0.2) is 4.79 Å². The molecule has 12 heteroatoms. The number of nitrogens with one attached hydrogen (secondary N) is 2. The van der Waals surface area contributed by atoms with Crippen LogP contribution in [0.3, 0.4) is 0 Å². The van der Waals surface area contributed by atoms with Crippen LogP contribution in [-0.2, 0) is 19.1 Å². The number of cyclic esters (lactones) is 1. The van der Waals surface area contributed by atoms with E-state index >= 15 is 0 Å². The molecular formula is C26H31ClN4O6S. The van der Waals surface area contributed by atoms with Crippen molar-refractivity contribution < 1.29 is 28.7 Å². The minimum Gasteiger partial charge on any atom is -0.466 e. The van der Waals surface area contributed by atoms with Crippen molar-refractivity contribution in [1.29, 1.82) is 0 Å². The molecule has 0 aliphatic carbocycles. The van der Waals surface area contributed by atoms with Crippen LogP contribution in [0.4, 0.5) is 21.9 Å². The van der Waals surface area contributed by atoms with Gasteiger partial charge in [0.25, 0.3) is 5.91 Å². The number of hydrogen-bond donors (Lipinski definition) is 2. The second-order valence-electron chi connectivity index (χ2n) is 9.03. The number of amides is 3. The van der Waals surface area contributed by atoms with Crippen LogP contribution in [0.15, 0.2) is 30.3 Å². The average Bonchev–Trinajstić information content (AvgIpc) is 3.52. The van der Waals surface area contributed by atoms with Gasteiger partial charge in [0.2, 0.25) is 5.91 Å². The summed E-state index contributed by atoms with van der Waals surface area (Å²) in [5, 5.41) is 5.70. The molecule has 10 nitrogen and oxygen atoms in total. The summed E-state index contributed by atoms with van der Waals surface area (Å²) in [5.41, 5.74) is 2.00. The molecule has 0 radical (unpaired) electrons. The number of anilines is 3. The highest BCUT2D eigenvalue weighted by Crippen LogP contribution is 2.34. The molecule has 0 bridgehead atoms. The lowest BCUT2D eigenvalue weighted by Gasteiger charge is -2.31. The smallest absolute Gasteiger partial charge is 0.414 e. The number of halogens is 1. The maximum absolute atomic E-state index is 12.7. The van der Waals surface area contributed by atoms with Crippen LogP contribution in [0.1, 0.15) is 48.7 Å². The molecule has 1 unspecified atom stereocenters. The second kappa shape index (κ2) is 13.0. The summed E-state index contributed by atoms with van der Waals surface area (Å²) in [4.78, 5) is 53.6. The molecule has 38 heavy (non-hydrogen) atoms. The molecule has 0 spiro atoms. The Balaban J connectivity index is 1.44. The Kier molecular flexibility index (Phi) is 9.46. The standard InChI is InChI=1S/C26H31ClN4O6S/c1-2-36-24(33)11-10-23(32)29-19-14-17(6-7-20(19)30-12-4-3-5-13-30)31-16-18(37-26(31)35)15-28-25(34)21-8-9-22(27)38-21/h6-9,14,18H,2-5,10-13,15-16H2,1H3,(H,28,34)(H,29,32). The largest absolute Gasteiger partial charge is 0.466 e. The van der Waals surface area contributed by atoms with Gasteiger partial charge in [-0.1, -0.05) is 11.6 Å². The van der Waals surface area contributed by atoms with Crippen LogP contribution in [0.2, 0.25) is 4.34 Å². The molecule has 2 N–H and O–H groups in total. The van der Waals surface area contributed by atoms with Crippen LogP contribution in [-0.4, -0.2) is 62.8 Å². The molecule has 2 aliphatic rings. The predicted octanol–water partition coefficient (Wildman–Crippen LogP) is 4.43. The summed E-state index contributed by atoms with van der Waals surface area (Å²) < 4.78 is 10.9. The zero-order chi connectivity index (χ0) is 27.1. The van der Waals surface area contributed by atoms with E-state index in [1.165, 1.54) is 16.2 Å². The summed E-state index contributed by atoms with van der Waals surface area (Å²) in [6.45, 7) is 4.11. The Labute approximate surface area is 230 Å². The van der Waals surface area contributed by atoms with Gasteiger partial charge in [-0.3, -0.25) is 19.3 Å². The van der Waals surface area contributed by atoms with E-state index in [2.05, 4.69) is 15.5 Å². The number of ether oxygens (including phenoxy) is 2. The summed E-state index contributed by atoms with van der Waals surface area (Å²) in [6.07, 6.45) is 2.18. The molecule has 4 rings (SSSR count). The maximum Gasteiger partial charge on any atom is 0.414 e. The van der Waals surface area contributed by atoms with Crippen molar-refractivity contribution in [3.8, 4) is 0 Å². The fourth-order valence-corrected chi connectivity index (χ4v) is 5.39. The van der Waals surface area contributed by atoms with Crippen molar-refractivity contribution in [3.05, 3.63) is 39.5 Å². The van der Waals surface area contributed by atoms with Crippen LogP contribution < -0.4 is 20.4 Å². The van der Waals surface area contributed by atoms with Crippen LogP contribution in [0, 0.1) is 0 Å². The number of piperidine rings is 1. The lowest BCUT2D eigenvalue weighted by atomic mass is 10.1. The highest BCUT2D eigenvalue weighted by Gasteiger charge is 2.33. The van der Waals surface area contributed by atoms with Crippen LogP contribution in [0.5, 0.6) is 0 Å². The number of esters is 1. The zero-order valence-corrected chi connectivity index (χ0v) is 22.7. The van der Waals surface area contributed by atoms with Crippen molar-refractivity contribution >= 4 is 63.9 Å². The number of thiophene rings is 1. The van der Waals surface area contributed by atoms with Gasteiger partial charge in [-0.05, 0) is 56.5 Å². The van der Waals surface area contributed by atoms with Gasteiger partial charge in [-0.2, -0.15) is 0 Å². The van der Waals surface area contributed by atoms with Gasteiger partial charge in [0.1, 0.15) is 6.10 Å². The van der Waals surface area contributed by atoms with Crippen molar-refractivity contribution in [2.75, 3.05) is 47.9 Å². The van der Waals surface area contributed by atoms with E-state index < -0.39 is 18.2 Å². The fraction of sp³-hybridized carbons (Fsp3) is 0.462. The van der Waals surface area contributed by atoms with Gasteiger partial charge in [-0.15, -0.1) is 11.3 Å². The van der Waals surface area contributed by atoms with E-state index in [0.717, 1.165) is 38.0 Å². The van der Waals surface area contributed by atoms with E-state index in [0.29, 0.717) is 20.6 Å². The van der Waals surface area contributed by atoms with Crippen molar-refractivity contribution in [2.24, 2.45) is 0 Å². The summed E-state index contributed by atoms with van der Waals surface area (Å²) >= 11 is 7.07. The first-order chi connectivity index (χ1) is 18.3. The average molecular weight is 563 g/mol. The fourth-order valence-electron chi connectivity index (χ4n) is 4.43. The first-order valence-corrected chi connectivity index (χ1v) is 13.9. The van der Waals surface area contributed by atoms with E-state index in [-0.39, 0.29) is 44.4 Å². The number of carbonyl (C=O) groups is 4. The van der Waals surface area contributed by atoms with E-state index in [4.69, 9.17) is 21.1 Å². The molecule has 3 heterocycles. The van der Waals surface area contributed by atoms with Gasteiger partial charge >= 0.3 is 12.1 Å². The molecule has 1 aromatic carbocycles. The number of nitrogens with zero attached hydrogens (tertiary/aromatic N) is 2. The Hall–Kier alpha value is -3.31. The van der Waals surface area contributed by atoms with Gasteiger partial charge in [0.05, 0.1) is 46.7 Å². The Morgan fingerprint density at radius 2 is 1.92 bits per heavy atom. The molecule has 2 aromatic rings. The lowest BCUT2D eigenvalue weighted by molar-refractivity contribution is -0.144. The highest BCUT2D eigenvalue weighted by atomic mass is 35.5. The molecule has 1 aromatic heterocycles.